The third-order valence-electron chi connectivity index (χ3n) is 7.12. The van der Waals surface area contributed by atoms with Gasteiger partial charge in [0.25, 0.3) is 0 Å². The van der Waals surface area contributed by atoms with Crippen molar-refractivity contribution in [3.05, 3.63) is 147 Å². The summed E-state index contributed by atoms with van der Waals surface area (Å²) in [4.78, 5) is 50.3. The number of carbonyl (C=O) groups is 2. The number of anilines is 1. The highest BCUT2D eigenvalue weighted by Gasteiger charge is 2.38. The van der Waals surface area contributed by atoms with E-state index in [4.69, 9.17) is 9.90 Å². The number of amides is 1. The van der Waals surface area contributed by atoms with E-state index in [9.17, 15) is 32.8 Å². The molecule has 48 heavy (non-hydrogen) atoms. The number of hydrogen-bond donors (Lipinski definition) is 3. The third-order valence-corrected chi connectivity index (χ3v) is 7.12. The maximum atomic E-state index is 14.0. The molecule has 11 nitrogen and oxygen atoms in total. The quantitative estimate of drug-likeness (QED) is 0.214. The first-order chi connectivity index (χ1) is 23.0. The van der Waals surface area contributed by atoms with Crippen LogP contribution in [-0.4, -0.2) is 50.2 Å². The normalized spacial score (nSPS) is 12.1. The van der Waals surface area contributed by atoms with Crippen molar-refractivity contribution >= 4 is 17.6 Å². The van der Waals surface area contributed by atoms with E-state index in [0.717, 1.165) is 4.57 Å². The zero-order chi connectivity index (χ0) is 34.8. The lowest BCUT2D eigenvalue weighted by Gasteiger charge is -2.28. The van der Waals surface area contributed by atoms with Gasteiger partial charge in [-0.15, -0.1) is 0 Å². The minimum absolute atomic E-state index is 0.128. The van der Waals surface area contributed by atoms with E-state index in [-0.39, 0.29) is 12.5 Å². The van der Waals surface area contributed by atoms with E-state index < -0.39 is 35.5 Å². The van der Waals surface area contributed by atoms with Gasteiger partial charge in [0.05, 0.1) is 23.0 Å². The fourth-order valence-corrected chi connectivity index (χ4v) is 4.89. The molecule has 5 rings (SSSR count). The van der Waals surface area contributed by atoms with Crippen molar-refractivity contribution in [1.29, 1.82) is 5.26 Å². The molecule has 3 N–H and O–H groups in total. The van der Waals surface area contributed by atoms with Gasteiger partial charge < -0.3 is 15.7 Å². The molecule has 0 radical (unpaired) electrons. The number of nitrogens with one attached hydrogen (secondary N) is 2. The molecule has 0 unspecified atom stereocenters. The standard InChI is InChI=1S/C32H28N6O3.C2HF3O2/c1-34-30(39)29(35-25-14-5-2-6-15-25)28(24-13-11-12-23(20-24)21-33)22-36-31(40)37(26-16-7-3-8-17-26)38(32(36)41)27-18-9-4-10-19-27;3-2(4,5)1(6)7/h2-20,28-29,35H,22H2,1H3,(H,34,39);(H,6,7)/t28-,29-;/m1./s1. The van der Waals surface area contributed by atoms with Crippen LogP contribution in [0.25, 0.3) is 11.4 Å². The van der Waals surface area contributed by atoms with Gasteiger partial charge in [-0.05, 0) is 54.1 Å². The Balaban J connectivity index is 0.000000671. The van der Waals surface area contributed by atoms with Crippen molar-refractivity contribution in [2.24, 2.45) is 0 Å². The Morgan fingerprint density at radius 2 is 1.29 bits per heavy atom. The summed E-state index contributed by atoms with van der Waals surface area (Å²) in [6.45, 7) is -0.128. The number of likely N-dealkylation sites (N-methyl/N-ethyl adjacent to an activating group) is 1. The number of hydrogen-bond acceptors (Lipinski definition) is 6. The second-order valence-corrected chi connectivity index (χ2v) is 10.2. The molecule has 1 amide bonds. The van der Waals surface area contributed by atoms with Gasteiger partial charge in [-0.25, -0.2) is 19.0 Å². The summed E-state index contributed by atoms with van der Waals surface area (Å²) in [7, 11) is 1.53. The lowest BCUT2D eigenvalue weighted by molar-refractivity contribution is -0.192. The number of carbonyl (C=O) groups excluding carboxylic acids is 1. The van der Waals surface area contributed by atoms with Crippen LogP contribution in [0.4, 0.5) is 18.9 Å². The number of nitrogens with zero attached hydrogens (tertiary/aromatic N) is 4. The fourth-order valence-electron chi connectivity index (χ4n) is 4.89. The maximum absolute atomic E-state index is 14.0. The van der Waals surface area contributed by atoms with Crippen LogP contribution in [-0.2, 0) is 16.1 Å². The molecule has 0 aliphatic carbocycles. The molecule has 1 aromatic heterocycles. The highest BCUT2D eigenvalue weighted by atomic mass is 19.4. The first-order valence-corrected chi connectivity index (χ1v) is 14.3. The molecule has 5 aromatic rings. The topological polar surface area (TPSA) is 151 Å². The molecule has 14 heteroatoms. The van der Waals surface area contributed by atoms with Gasteiger partial charge >= 0.3 is 23.5 Å². The molecule has 0 saturated carbocycles. The van der Waals surface area contributed by atoms with Gasteiger partial charge in [-0.1, -0.05) is 66.7 Å². The number of para-hydroxylation sites is 3. The van der Waals surface area contributed by atoms with Crippen molar-refractivity contribution in [3.8, 4) is 17.4 Å². The number of nitriles is 1. The van der Waals surface area contributed by atoms with Crippen molar-refractivity contribution in [2.75, 3.05) is 12.4 Å². The van der Waals surface area contributed by atoms with Crippen LogP contribution in [0, 0.1) is 11.3 Å². The lowest BCUT2D eigenvalue weighted by Crippen LogP contribution is -2.45. The molecule has 0 bridgehead atoms. The summed E-state index contributed by atoms with van der Waals surface area (Å²) >= 11 is 0. The number of aromatic nitrogens is 3. The van der Waals surface area contributed by atoms with Crippen molar-refractivity contribution in [3.63, 3.8) is 0 Å². The average molecular weight is 659 g/mol. The van der Waals surface area contributed by atoms with E-state index in [1.165, 1.54) is 16.4 Å². The minimum atomic E-state index is -5.08. The summed E-state index contributed by atoms with van der Waals surface area (Å²) in [6, 6.07) is 35.2. The van der Waals surface area contributed by atoms with Crippen LogP contribution in [0.5, 0.6) is 0 Å². The average Bonchev–Trinajstić information content (AvgIpc) is 3.35. The largest absolute Gasteiger partial charge is 0.490 e. The predicted molar refractivity (Wildman–Crippen MR) is 171 cm³/mol. The fraction of sp³-hybridized carbons (Fsp3) is 0.147. The Kier molecular flexibility index (Phi) is 11.0. The Labute approximate surface area is 271 Å². The summed E-state index contributed by atoms with van der Waals surface area (Å²) in [5.74, 6) is -3.79. The predicted octanol–water partition coefficient (Wildman–Crippen LogP) is 4.31. The van der Waals surface area contributed by atoms with Gasteiger partial charge in [0.1, 0.15) is 6.04 Å². The minimum Gasteiger partial charge on any atom is -0.475 e. The summed E-state index contributed by atoms with van der Waals surface area (Å²) in [6.07, 6.45) is -5.08. The summed E-state index contributed by atoms with van der Waals surface area (Å²) in [5, 5.41) is 22.7. The zero-order valence-corrected chi connectivity index (χ0v) is 25.3. The molecular weight excluding hydrogens is 629 g/mol. The Hall–Kier alpha value is -6.36. The van der Waals surface area contributed by atoms with Crippen LogP contribution in [0.2, 0.25) is 0 Å². The van der Waals surface area contributed by atoms with Gasteiger partial charge in [0.15, 0.2) is 0 Å². The van der Waals surface area contributed by atoms with Crippen LogP contribution in [0.15, 0.2) is 125 Å². The van der Waals surface area contributed by atoms with E-state index in [1.807, 2.05) is 42.5 Å². The molecule has 0 aliphatic heterocycles. The van der Waals surface area contributed by atoms with Gasteiger partial charge in [0, 0.05) is 25.2 Å². The van der Waals surface area contributed by atoms with Gasteiger partial charge in [-0.2, -0.15) is 27.8 Å². The molecule has 0 aliphatic rings. The van der Waals surface area contributed by atoms with Crippen molar-refractivity contribution < 1.29 is 27.9 Å². The number of halogens is 3. The van der Waals surface area contributed by atoms with Crippen LogP contribution >= 0.6 is 0 Å². The number of benzene rings is 4. The Morgan fingerprint density at radius 1 is 0.812 bits per heavy atom. The monoisotopic (exact) mass is 658 g/mol. The second kappa shape index (κ2) is 15.3. The van der Waals surface area contributed by atoms with Crippen LogP contribution < -0.4 is 22.0 Å². The number of carboxylic acid groups (broad SMARTS) is 1. The lowest BCUT2D eigenvalue weighted by atomic mass is 9.89. The van der Waals surface area contributed by atoms with E-state index in [0.29, 0.717) is 28.2 Å². The van der Waals surface area contributed by atoms with E-state index in [1.54, 1.807) is 72.8 Å². The number of rotatable bonds is 9. The molecule has 1 heterocycles. The highest BCUT2D eigenvalue weighted by Crippen LogP contribution is 2.26. The maximum Gasteiger partial charge on any atom is 0.490 e. The molecule has 0 saturated heterocycles. The molecule has 0 fully saturated rings. The van der Waals surface area contributed by atoms with E-state index in [2.05, 4.69) is 16.7 Å². The van der Waals surface area contributed by atoms with Crippen LogP contribution in [0.3, 0.4) is 0 Å². The first-order valence-electron chi connectivity index (χ1n) is 14.3. The highest BCUT2D eigenvalue weighted by molar-refractivity contribution is 5.85. The molecule has 246 valence electrons. The van der Waals surface area contributed by atoms with Crippen molar-refractivity contribution in [1.82, 2.24) is 19.2 Å². The van der Waals surface area contributed by atoms with Gasteiger partial charge in [-0.3, -0.25) is 4.79 Å². The Morgan fingerprint density at radius 3 is 1.73 bits per heavy atom. The number of aliphatic carboxylic acids is 1. The summed E-state index contributed by atoms with van der Waals surface area (Å²) < 4.78 is 35.5. The second-order valence-electron chi connectivity index (χ2n) is 10.2. The number of carboxylic acids is 1. The molecular formula is C34H29F3N6O5. The third kappa shape index (κ3) is 8.07. The molecule has 4 aromatic carbocycles. The van der Waals surface area contributed by atoms with Gasteiger partial charge in [0.2, 0.25) is 5.91 Å². The molecule has 2 atom stereocenters. The SMILES string of the molecule is CNC(=O)[C@H](Nc1ccccc1)[C@H](Cn1c(=O)n(-c2ccccc2)n(-c2ccccc2)c1=O)c1cccc(C#N)c1.O=C(O)C(F)(F)F. The summed E-state index contributed by atoms with van der Waals surface area (Å²) in [5.41, 5.74) is 1.66. The molecule has 0 spiro atoms. The van der Waals surface area contributed by atoms with Crippen molar-refractivity contribution in [2.45, 2.75) is 24.7 Å². The Bertz CT molecular complexity index is 1950. The first kappa shape index (κ1) is 34.5. The zero-order valence-electron chi connectivity index (χ0n) is 25.3. The van der Waals surface area contributed by atoms with E-state index >= 15 is 0 Å². The van der Waals surface area contributed by atoms with Crippen LogP contribution in [0.1, 0.15) is 17.0 Å². The number of alkyl halides is 3. The smallest absolute Gasteiger partial charge is 0.475 e.